The SMILES string of the molecule is CC1([C@@H]2CC[C@]3(C(=O)N4CCN(CCCN5CCOCC5)CC4)CC[C@]4(C)[C@H](CC[C@@H]5[C@@]6(C)CC[C@H](OC(=O)[C@H]7C[C@@H](C(=O)O)C7(C)C)C(C)(C)[C@@H]6CC[C@]54C)[C@@H]23)CC1. The number of carboxylic acid groups (broad SMARTS) is 1. The summed E-state index contributed by atoms with van der Waals surface area (Å²) in [5.41, 5.74) is 0.0759. The zero-order chi connectivity index (χ0) is 42.0. The van der Waals surface area contributed by atoms with E-state index >= 15 is 4.79 Å². The molecule has 2 saturated heterocycles. The highest BCUT2D eigenvalue weighted by atomic mass is 16.5. The van der Waals surface area contributed by atoms with Crippen molar-refractivity contribution >= 4 is 17.8 Å². The van der Waals surface area contributed by atoms with Gasteiger partial charge in [0.2, 0.25) is 5.91 Å². The quantitative estimate of drug-likeness (QED) is 0.232. The molecule has 2 aliphatic heterocycles. The summed E-state index contributed by atoms with van der Waals surface area (Å²) in [4.78, 5) is 48.3. The summed E-state index contributed by atoms with van der Waals surface area (Å²) in [6, 6.07) is 0. The van der Waals surface area contributed by atoms with Gasteiger partial charge in [-0.05, 0) is 160 Å². The van der Waals surface area contributed by atoms with Crippen LogP contribution in [0.3, 0.4) is 0 Å². The Bertz CT molecular complexity index is 1650. The van der Waals surface area contributed by atoms with Crippen LogP contribution < -0.4 is 0 Å². The summed E-state index contributed by atoms with van der Waals surface area (Å²) in [5, 5.41) is 9.71. The first kappa shape index (κ1) is 42.6. The number of morpholine rings is 1. The number of fused-ring (bicyclic) bond motifs is 7. The van der Waals surface area contributed by atoms with Gasteiger partial charge >= 0.3 is 11.9 Å². The summed E-state index contributed by atoms with van der Waals surface area (Å²) in [6.07, 6.45) is 15.6. The molecule has 12 atom stereocenters. The van der Waals surface area contributed by atoms with Gasteiger partial charge in [-0.3, -0.25) is 24.2 Å². The van der Waals surface area contributed by atoms with E-state index in [1.54, 1.807) is 0 Å². The molecule has 0 radical (unpaired) electrons. The molecule has 0 aromatic heterocycles. The van der Waals surface area contributed by atoms with Crippen molar-refractivity contribution in [1.29, 1.82) is 0 Å². The Morgan fingerprint density at radius 2 is 1.32 bits per heavy atom. The number of amides is 1. The van der Waals surface area contributed by atoms with E-state index in [0.29, 0.717) is 47.3 Å². The molecule has 9 rings (SSSR count). The highest BCUT2D eigenvalue weighted by Crippen LogP contribution is 2.79. The molecule has 1 N–H and O–H groups in total. The van der Waals surface area contributed by atoms with Gasteiger partial charge in [0.15, 0.2) is 0 Å². The van der Waals surface area contributed by atoms with Gasteiger partial charge in [-0.15, -0.1) is 0 Å². The van der Waals surface area contributed by atoms with Gasteiger partial charge in [0.25, 0.3) is 0 Å². The van der Waals surface area contributed by atoms with Crippen LogP contribution in [-0.2, 0) is 23.9 Å². The molecule has 9 heteroatoms. The molecule has 59 heavy (non-hydrogen) atoms. The molecule has 0 bridgehead atoms. The van der Waals surface area contributed by atoms with Crippen LogP contribution in [0.2, 0.25) is 0 Å². The van der Waals surface area contributed by atoms with Crippen molar-refractivity contribution in [2.24, 2.45) is 79.3 Å². The predicted octanol–water partition coefficient (Wildman–Crippen LogP) is 8.39. The summed E-state index contributed by atoms with van der Waals surface area (Å²) in [5.74, 6) is 1.56. The average molecular weight is 820 g/mol. The summed E-state index contributed by atoms with van der Waals surface area (Å²) < 4.78 is 12.0. The summed E-state index contributed by atoms with van der Waals surface area (Å²) in [6.45, 7) is 29.1. The summed E-state index contributed by atoms with van der Waals surface area (Å²) >= 11 is 0. The molecule has 332 valence electrons. The third-order valence-corrected chi connectivity index (χ3v) is 21.6. The summed E-state index contributed by atoms with van der Waals surface area (Å²) in [7, 11) is 0. The number of carbonyl (C=O) groups excluding carboxylic acids is 2. The van der Waals surface area contributed by atoms with E-state index in [1.165, 1.54) is 51.4 Å². The number of rotatable bonds is 9. The second-order valence-corrected chi connectivity index (χ2v) is 24.4. The third kappa shape index (κ3) is 6.46. The van der Waals surface area contributed by atoms with Crippen LogP contribution in [0, 0.1) is 79.3 Å². The molecule has 2 heterocycles. The topological polar surface area (TPSA) is 99.6 Å². The van der Waals surface area contributed by atoms with Crippen molar-refractivity contribution in [3.63, 3.8) is 0 Å². The van der Waals surface area contributed by atoms with Crippen LogP contribution in [-0.4, -0.2) is 109 Å². The van der Waals surface area contributed by atoms with Crippen molar-refractivity contribution in [2.75, 3.05) is 65.6 Å². The lowest BCUT2D eigenvalue weighted by atomic mass is 9.32. The number of piperazine rings is 1. The lowest BCUT2D eigenvalue weighted by Crippen LogP contribution is -2.68. The second kappa shape index (κ2) is 14.7. The minimum Gasteiger partial charge on any atom is -0.481 e. The first-order chi connectivity index (χ1) is 27.8. The first-order valence-electron chi connectivity index (χ1n) is 24.6. The molecule has 0 spiro atoms. The Kier molecular flexibility index (Phi) is 10.6. The number of ether oxygens (including phenoxy) is 2. The highest BCUT2D eigenvalue weighted by molar-refractivity contribution is 5.84. The average Bonchev–Trinajstić information content (AvgIpc) is 3.80. The van der Waals surface area contributed by atoms with E-state index in [4.69, 9.17) is 9.47 Å². The van der Waals surface area contributed by atoms with Crippen LogP contribution in [0.25, 0.3) is 0 Å². The molecule has 9 aliphatic rings. The van der Waals surface area contributed by atoms with E-state index in [9.17, 15) is 14.7 Å². The van der Waals surface area contributed by atoms with E-state index < -0.39 is 17.3 Å². The van der Waals surface area contributed by atoms with Crippen LogP contribution in [0.5, 0.6) is 0 Å². The van der Waals surface area contributed by atoms with E-state index in [2.05, 4.69) is 56.2 Å². The fraction of sp³-hybridized carbons (Fsp3) is 0.940. The molecular weight excluding hydrogens is 739 g/mol. The monoisotopic (exact) mass is 820 g/mol. The van der Waals surface area contributed by atoms with Gasteiger partial charge in [0.05, 0.1) is 30.5 Å². The number of carbonyl (C=O) groups is 3. The van der Waals surface area contributed by atoms with Crippen LogP contribution in [0.15, 0.2) is 0 Å². The molecule has 9 fully saturated rings. The van der Waals surface area contributed by atoms with Crippen molar-refractivity contribution in [3.8, 4) is 0 Å². The molecule has 7 aliphatic carbocycles. The molecule has 0 aromatic carbocycles. The van der Waals surface area contributed by atoms with Crippen molar-refractivity contribution in [2.45, 2.75) is 151 Å². The van der Waals surface area contributed by atoms with Crippen molar-refractivity contribution < 1.29 is 29.0 Å². The van der Waals surface area contributed by atoms with Crippen LogP contribution in [0.1, 0.15) is 145 Å². The number of esters is 1. The number of nitrogens with zero attached hydrogens (tertiary/aromatic N) is 3. The lowest BCUT2D eigenvalue weighted by molar-refractivity contribution is -0.253. The smallest absolute Gasteiger partial charge is 0.309 e. The first-order valence-corrected chi connectivity index (χ1v) is 24.6. The maximum atomic E-state index is 15.3. The molecular formula is C50H81N3O6. The molecule has 1 amide bonds. The van der Waals surface area contributed by atoms with Gasteiger partial charge in [-0.2, -0.15) is 0 Å². The van der Waals surface area contributed by atoms with E-state index in [-0.39, 0.29) is 45.1 Å². The highest BCUT2D eigenvalue weighted by Gasteiger charge is 2.74. The lowest BCUT2D eigenvalue weighted by Gasteiger charge is -2.73. The molecule has 0 unspecified atom stereocenters. The maximum absolute atomic E-state index is 15.3. The van der Waals surface area contributed by atoms with Gasteiger partial charge in [0.1, 0.15) is 6.10 Å². The number of carboxylic acids is 1. The van der Waals surface area contributed by atoms with E-state index in [0.717, 1.165) is 97.7 Å². The normalized spacial score (nSPS) is 46.1. The largest absolute Gasteiger partial charge is 0.481 e. The van der Waals surface area contributed by atoms with Gasteiger partial charge in [-0.25, -0.2) is 0 Å². The van der Waals surface area contributed by atoms with Crippen LogP contribution in [0.4, 0.5) is 0 Å². The fourth-order valence-corrected chi connectivity index (χ4v) is 17.3. The zero-order valence-corrected chi connectivity index (χ0v) is 38.4. The second-order valence-electron chi connectivity index (χ2n) is 24.4. The van der Waals surface area contributed by atoms with Crippen LogP contribution >= 0.6 is 0 Å². The predicted molar refractivity (Wildman–Crippen MR) is 229 cm³/mol. The molecule has 9 nitrogen and oxygen atoms in total. The van der Waals surface area contributed by atoms with Gasteiger partial charge in [0, 0.05) is 44.7 Å². The Hall–Kier alpha value is -1.71. The fourth-order valence-electron chi connectivity index (χ4n) is 17.3. The van der Waals surface area contributed by atoms with Crippen molar-refractivity contribution in [3.05, 3.63) is 0 Å². The number of aliphatic carboxylic acids is 1. The van der Waals surface area contributed by atoms with Gasteiger partial charge < -0.3 is 19.5 Å². The van der Waals surface area contributed by atoms with Gasteiger partial charge in [-0.1, -0.05) is 55.4 Å². The standard InChI is InChI=1S/C50H81N3O6/c1-44(2)35(41(54)55)32-36(44)42(56)59-39-14-15-47(6)37(45(39,3)4)13-16-49(8)38(47)11-10-34-40-33(46(5)18-19-46)12-17-50(40,21-20-48(34,49)7)43(57)53-26-24-51(25-27-53)22-9-23-52-28-30-58-31-29-52/h33-40H,9-32H2,1-8H3,(H,54,55)/t33-,34-,35+,36-,37+,38-,39+,40-,47+,48-,49-,50+/m1/s1. The minimum atomic E-state index is -0.804. The van der Waals surface area contributed by atoms with Crippen molar-refractivity contribution in [1.82, 2.24) is 14.7 Å². The Balaban J connectivity index is 0.903. The minimum absolute atomic E-state index is 0.138. The molecule has 7 saturated carbocycles. The number of hydrogen-bond donors (Lipinski definition) is 1. The Labute approximate surface area is 356 Å². The number of hydrogen-bond acceptors (Lipinski definition) is 7. The van der Waals surface area contributed by atoms with E-state index in [1.807, 2.05) is 13.8 Å². The Morgan fingerprint density at radius 3 is 1.97 bits per heavy atom. The Morgan fingerprint density at radius 1 is 0.644 bits per heavy atom. The zero-order valence-electron chi connectivity index (χ0n) is 38.4. The molecule has 0 aromatic rings. The maximum Gasteiger partial charge on any atom is 0.309 e. The third-order valence-electron chi connectivity index (χ3n) is 21.6.